The number of rotatable bonds is 2. The number of pyridine rings is 1. The Hall–Kier alpha value is -1.58. The first-order valence-electron chi connectivity index (χ1n) is 5.16. The van der Waals surface area contributed by atoms with Gasteiger partial charge in [0.2, 0.25) is 5.91 Å². The van der Waals surface area contributed by atoms with E-state index in [0.29, 0.717) is 11.6 Å². The molecule has 16 heavy (non-hydrogen) atoms. The van der Waals surface area contributed by atoms with E-state index in [1.807, 2.05) is 33.8 Å². The molecule has 4 nitrogen and oxygen atoms in total. The summed E-state index contributed by atoms with van der Waals surface area (Å²) in [7, 11) is 1.59. The highest BCUT2D eigenvalue weighted by atomic mass is 16.5. The molecule has 0 atom stereocenters. The minimum atomic E-state index is -0.423. The van der Waals surface area contributed by atoms with Crippen LogP contribution in [-0.4, -0.2) is 18.0 Å². The SMILES string of the molecule is COc1cnc(NC(=O)C(C)(C)C)c(C)c1. The molecule has 0 saturated heterocycles. The number of nitrogens with zero attached hydrogens (tertiary/aromatic N) is 1. The lowest BCUT2D eigenvalue weighted by Gasteiger charge is -2.18. The second-order valence-electron chi connectivity index (χ2n) is 4.74. The lowest BCUT2D eigenvalue weighted by Crippen LogP contribution is -2.28. The van der Waals surface area contributed by atoms with Crippen molar-refractivity contribution in [1.82, 2.24) is 4.98 Å². The van der Waals surface area contributed by atoms with Gasteiger partial charge in [-0.05, 0) is 18.6 Å². The maximum absolute atomic E-state index is 11.8. The zero-order valence-corrected chi connectivity index (χ0v) is 10.4. The largest absolute Gasteiger partial charge is 0.495 e. The van der Waals surface area contributed by atoms with Gasteiger partial charge in [0, 0.05) is 5.41 Å². The van der Waals surface area contributed by atoms with Gasteiger partial charge in [-0.15, -0.1) is 0 Å². The molecule has 0 aliphatic carbocycles. The number of carbonyl (C=O) groups is 1. The van der Waals surface area contributed by atoms with Crippen LogP contribution in [0.4, 0.5) is 5.82 Å². The quantitative estimate of drug-likeness (QED) is 0.835. The number of aryl methyl sites for hydroxylation is 1. The second-order valence-corrected chi connectivity index (χ2v) is 4.74. The Labute approximate surface area is 96.0 Å². The fourth-order valence-corrected chi connectivity index (χ4v) is 1.09. The molecule has 0 aliphatic rings. The van der Waals surface area contributed by atoms with Gasteiger partial charge in [0.05, 0.1) is 13.3 Å². The molecule has 0 fully saturated rings. The number of aromatic nitrogens is 1. The first-order chi connectivity index (χ1) is 7.34. The van der Waals surface area contributed by atoms with Crippen LogP contribution in [0.1, 0.15) is 26.3 Å². The fourth-order valence-electron chi connectivity index (χ4n) is 1.09. The highest BCUT2D eigenvalue weighted by molar-refractivity contribution is 5.94. The zero-order valence-electron chi connectivity index (χ0n) is 10.4. The van der Waals surface area contributed by atoms with Crippen molar-refractivity contribution in [2.75, 3.05) is 12.4 Å². The molecule has 0 unspecified atom stereocenters. The summed E-state index contributed by atoms with van der Waals surface area (Å²) in [5.41, 5.74) is 0.463. The molecule has 0 bridgehead atoms. The van der Waals surface area contributed by atoms with Crippen molar-refractivity contribution < 1.29 is 9.53 Å². The van der Waals surface area contributed by atoms with E-state index in [1.165, 1.54) is 0 Å². The normalized spacial score (nSPS) is 11.1. The minimum Gasteiger partial charge on any atom is -0.495 e. The predicted octanol–water partition coefficient (Wildman–Crippen LogP) is 2.38. The standard InChI is InChI=1S/C12H18N2O2/c1-8-6-9(16-5)7-13-10(8)14-11(15)12(2,3)4/h6-7H,1-5H3,(H,13,14,15). The Morgan fingerprint density at radius 3 is 2.50 bits per heavy atom. The van der Waals surface area contributed by atoms with Gasteiger partial charge >= 0.3 is 0 Å². The Morgan fingerprint density at radius 2 is 2.06 bits per heavy atom. The number of carbonyl (C=O) groups excluding carboxylic acids is 1. The van der Waals surface area contributed by atoms with Gasteiger partial charge in [-0.25, -0.2) is 4.98 Å². The highest BCUT2D eigenvalue weighted by Crippen LogP contribution is 2.21. The molecule has 1 amide bonds. The first kappa shape index (κ1) is 12.5. The van der Waals surface area contributed by atoms with Gasteiger partial charge < -0.3 is 10.1 Å². The van der Waals surface area contributed by atoms with Gasteiger partial charge in [-0.3, -0.25) is 4.79 Å². The van der Waals surface area contributed by atoms with Gasteiger partial charge in [-0.1, -0.05) is 20.8 Å². The number of hydrogen-bond donors (Lipinski definition) is 1. The summed E-state index contributed by atoms with van der Waals surface area (Å²) in [6.07, 6.45) is 1.59. The van der Waals surface area contributed by atoms with Gasteiger partial charge in [0.15, 0.2) is 0 Å². The van der Waals surface area contributed by atoms with Crippen LogP contribution in [0.15, 0.2) is 12.3 Å². The van der Waals surface area contributed by atoms with E-state index in [1.54, 1.807) is 13.3 Å². The maximum Gasteiger partial charge on any atom is 0.230 e. The monoisotopic (exact) mass is 222 g/mol. The summed E-state index contributed by atoms with van der Waals surface area (Å²) in [6, 6.07) is 1.84. The molecule has 1 aromatic heterocycles. The number of methoxy groups -OCH3 is 1. The van der Waals surface area contributed by atoms with Crippen LogP contribution >= 0.6 is 0 Å². The molecule has 4 heteroatoms. The summed E-state index contributed by atoms with van der Waals surface area (Å²) < 4.78 is 5.05. The molecular weight excluding hydrogens is 204 g/mol. The Morgan fingerprint density at radius 1 is 1.44 bits per heavy atom. The van der Waals surface area contributed by atoms with Gasteiger partial charge in [0.25, 0.3) is 0 Å². The van der Waals surface area contributed by atoms with Crippen molar-refractivity contribution in [3.63, 3.8) is 0 Å². The van der Waals surface area contributed by atoms with Crippen molar-refractivity contribution in [3.05, 3.63) is 17.8 Å². The smallest absolute Gasteiger partial charge is 0.230 e. The third-order valence-corrected chi connectivity index (χ3v) is 2.20. The molecule has 1 rings (SSSR count). The summed E-state index contributed by atoms with van der Waals surface area (Å²) in [6.45, 7) is 7.47. The molecule has 1 heterocycles. The molecule has 1 N–H and O–H groups in total. The van der Waals surface area contributed by atoms with Crippen molar-refractivity contribution in [1.29, 1.82) is 0 Å². The van der Waals surface area contributed by atoms with Gasteiger partial charge in [0.1, 0.15) is 11.6 Å². The molecule has 1 aromatic rings. The maximum atomic E-state index is 11.8. The minimum absolute atomic E-state index is 0.0479. The zero-order chi connectivity index (χ0) is 12.3. The summed E-state index contributed by atoms with van der Waals surface area (Å²) in [5.74, 6) is 1.22. The molecular formula is C12H18N2O2. The molecule has 88 valence electrons. The molecule has 0 spiro atoms. The van der Waals surface area contributed by atoms with E-state index in [0.717, 1.165) is 5.56 Å². The fraction of sp³-hybridized carbons (Fsp3) is 0.500. The lowest BCUT2D eigenvalue weighted by molar-refractivity contribution is -0.123. The third kappa shape index (κ3) is 2.95. The molecule has 0 aromatic carbocycles. The molecule has 0 radical (unpaired) electrons. The Kier molecular flexibility index (Phi) is 3.52. The Balaban J connectivity index is 2.87. The van der Waals surface area contributed by atoms with E-state index in [4.69, 9.17) is 4.74 Å². The number of ether oxygens (including phenoxy) is 1. The summed E-state index contributed by atoms with van der Waals surface area (Å²) >= 11 is 0. The van der Waals surface area contributed by atoms with E-state index in [-0.39, 0.29) is 5.91 Å². The van der Waals surface area contributed by atoms with Gasteiger partial charge in [-0.2, -0.15) is 0 Å². The Bertz CT molecular complexity index is 394. The second kappa shape index (κ2) is 4.51. The van der Waals surface area contributed by atoms with Crippen LogP contribution in [0.25, 0.3) is 0 Å². The molecule has 0 aliphatic heterocycles. The van der Waals surface area contributed by atoms with Crippen molar-refractivity contribution in [2.45, 2.75) is 27.7 Å². The van der Waals surface area contributed by atoms with Crippen LogP contribution in [0, 0.1) is 12.3 Å². The van der Waals surface area contributed by atoms with Crippen LogP contribution in [-0.2, 0) is 4.79 Å². The van der Waals surface area contributed by atoms with Crippen molar-refractivity contribution in [3.8, 4) is 5.75 Å². The average Bonchev–Trinajstić information content (AvgIpc) is 2.19. The van der Waals surface area contributed by atoms with Crippen molar-refractivity contribution >= 4 is 11.7 Å². The summed E-state index contributed by atoms with van der Waals surface area (Å²) in [5, 5.41) is 2.80. The van der Waals surface area contributed by atoms with Crippen LogP contribution in [0.5, 0.6) is 5.75 Å². The number of hydrogen-bond acceptors (Lipinski definition) is 3. The van der Waals surface area contributed by atoms with Crippen LogP contribution in [0.2, 0.25) is 0 Å². The number of anilines is 1. The lowest BCUT2D eigenvalue weighted by atomic mass is 9.96. The topological polar surface area (TPSA) is 51.2 Å². The predicted molar refractivity (Wildman–Crippen MR) is 63.6 cm³/mol. The summed E-state index contributed by atoms with van der Waals surface area (Å²) in [4.78, 5) is 15.9. The van der Waals surface area contributed by atoms with E-state index < -0.39 is 5.41 Å². The van der Waals surface area contributed by atoms with Crippen LogP contribution in [0.3, 0.4) is 0 Å². The third-order valence-electron chi connectivity index (χ3n) is 2.20. The molecule has 0 saturated carbocycles. The average molecular weight is 222 g/mol. The van der Waals surface area contributed by atoms with E-state index in [9.17, 15) is 4.79 Å². The first-order valence-corrected chi connectivity index (χ1v) is 5.16. The van der Waals surface area contributed by atoms with Crippen LogP contribution < -0.4 is 10.1 Å². The van der Waals surface area contributed by atoms with E-state index in [2.05, 4.69) is 10.3 Å². The van der Waals surface area contributed by atoms with E-state index >= 15 is 0 Å². The highest BCUT2D eigenvalue weighted by Gasteiger charge is 2.22. The number of nitrogens with one attached hydrogen (secondary N) is 1. The number of amides is 1. The van der Waals surface area contributed by atoms with Crippen molar-refractivity contribution in [2.24, 2.45) is 5.41 Å².